The Balaban J connectivity index is 1.98. The number of rotatable bonds is 4. The number of aliphatic hydroxyl groups excluding tert-OH is 1. The summed E-state index contributed by atoms with van der Waals surface area (Å²) in [5, 5.41) is 13.1. The summed E-state index contributed by atoms with van der Waals surface area (Å²) in [7, 11) is 0. The van der Waals surface area contributed by atoms with Crippen molar-refractivity contribution in [2.45, 2.75) is 39.0 Å². The van der Waals surface area contributed by atoms with Gasteiger partial charge in [-0.1, -0.05) is 19.3 Å². The first-order chi connectivity index (χ1) is 8.26. The largest absolute Gasteiger partial charge is 0.396 e. The van der Waals surface area contributed by atoms with Crippen LogP contribution in [0.3, 0.4) is 0 Å². The third-order valence-electron chi connectivity index (χ3n) is 3.94. The molecular formula is C14H22N2O. The fraction of sp³-hybridized carbons (Fsp3) is 0.643. The maximum absolute atomic E-state index is 9.63. The first kappa shape index (κ1) is 12.4. The first-order valence-electron chi connectivity index (χ1n) is 6.51. The lowest BCUT2D eigenvalue weighted by molar-refractivity contribution is 0.0944. The minimum atomic E-state index is 0.0839. The molecule has 1 saturated carbocycles. The highest BCUT2D eigenvalue weighted by molar-refractivity contribution is 5.48. The summed E-state index contributed by atoms with van der Waals surface area (Å²) in [6.45, 7) is 3.23. The molecule has 1 aromatic heterocycles. The van der Waals surface area contributed by atoms with E-state index < -0.39 is 0 Å². The average molecular weight is 234 g/mol. The zero-order valence-electron chi connectivity index (χ0n) is 10.6. The van der Waals surface area contributed by atoms with Gasteiger partial charge in [-0.05, 0) is 31.4 Å². The highest BCUT2D eigenvalue weighted by atomic mass is 16.3. The maximum atomic E-state index is 9.63. The predicted octanol–water partition coefficient (Wildman–Crippen LogP) is 2.74. The van der Waals surface area contributed by atoms with E-state index in [2.05, 4.69) is 17.2 Å². The van der Waals surface area contributed by atoms with Gasteiger partial charge in [0.15, 0.2) is 0 Å². The molecule has 94 valence electrons. The fourth-order valence-electron chi connectivity index (χ4n) is 2.62. The normalized spacial score (nSPS) is 18.9. The second kappa shape index (κ2) is 5.50. The van der Waals surface area contributed by atoms with Gasteiger partial charge < -0.3 is 10.4 Å². The van der Waals surface area contributed by atoms with Gasteiger partial charge in [-0.2, -0.15) is 0 Å². The van der Waals surface area contributed by atoms with E-state index in [1.807, 2.05) is 18.5 Å². The molecule has 1 aromatic rings. The van der Waals surface area contributed by atoms with Crippen LogP contribution >= 0.6 is 0 Å². The highest BCUT2D eigenvalue weighted by Crippen LogP contribution is 2.36. The van der Waals surface area contributed by atoms with Crippen molar-refractivity contribution >= 4 is 5.69 Å². The number of aliphatic hydroxyl groups is 1. The van der Waals surface area contributed by atoms with Crippen molar-refractivity contribution in [1.29, 1.82) is 0 Å². The Hall–Kier alpha value is -1.09. The van der Waals surface area contributed by atoms with E-state index in [1.165, 1.54) is 24.8 Å². The summed E-state index contributed by atoms with van der Waals surface area (Å²) in [6.07, 6.45) is 9.74. The van der Waals surface area contributed by atoms with Gasteiger partial charge in [-0.3, -0.25) is 4.98 Å². The Kier molecular flexibility index (Phi) is 4.00. The number of anilines is 1. The van der Waals surface area contributed by atoms with Crippen LogP contribution in [-0.2, 0) is 0 Å². The van der Waals surface area contributed by atoms with Gasteiger partial charge in [0.2, 0.25) is 0 Å². The fourth-order valence-corrected chi connectivity index (χ4v) is 2.62. The SMILES string of the molecule is Cc1ccncc1NCC1(CO)CCCCC1. The summed E-state index contributed by atoms with van der Waals surface area (Å²) in [4.78, 5) is 4.13. The van der Waals surface area contributed by atoms with E-state index in [4.69, 9.17) is 0 Å². The molecule has 2 rings (SSSR count). The van der Waals surface area contributed by atoms with Crippen LogP contribution in [-0.4, -0.2) is 23.2 Å². The Morgan fingerprint density at radius 1 is 1.35 bits per heavy atom. The van der Waals surface area contributed by atoms with Gasteiger partial charge in [0, 0.05) is 18.2 Å². The van der Waals surface area contributed by atoms with Crippen LogP contribution in [0.2, 0.25) is 0 Å². The first-order valence-corrected chi connectivity index (χ1v) is 6.51. The predicted molar refractivity (Wildman–Crippen MR) is 70.1 cm³/mol. The van der Waals surface area contributed by atoms with Crippen molar-refractivity contribution in [3.63, 3.8) is 0 Å². The molecule has 0 unspecified atom stereocenters. The van der Waals surface area contributed by atoms with Gasteiger partial charge in [0.05, 0.1) is 18.5 Å². The zero-order valence-corrected chi connectivity index (χ0v) is 10.6. The summed E-state index contributed by atoms with van der Waals surface area (Å²) in [5.41, 5.74) is 2.38. The molecule has 1 heterocycles. The van der Waals surface area contributed by atoms with Crippen molar-refractivity contribution in [3.05, 3.63) is 24.0 Å². The van der Waals surface area contributed by atoms with Gasteiger partial charge in [-0.15, -0.1) is 0 Å². The molecule has 3 nitrogen and oxygen atoms in total. The van der Waals surface area contributed by atoms with Gasteiger partial charge >= 0.3 is 0 Å². The highest BCUT2D eigenvalue weighted by Gasteiger charge is 2.31. The lowest BCUT2D eigenvalue weighted by atomic mass is 9.74. The molecule has 0 aliphatic heterocycles. The summed E-state index contributed by atoms with van der Waals surface area (Å²) in [6, 6.07) is 2.01. The molecule has 1 aliphatic rings. The molecule has 1 aliphatic carbocycles. The third-order valence-corrected chi connectivity index (χ3v) is 3.94. The summed E-state index contributed by atoms with van der Waals surface area (Å²) < 4.78 is 0. The topological polar surface area (TPSA) is 45.2 Å². The second-order valence-electron chi connectivity index (χ2n) is 5.26. The van der Waals surface area contributed by atoms with Crippen LogP contribution in [0.25, 0.3) is 0 Å². The number of pyridine rings is 1. The van der Waals surface area contributed by atoms with E-state index in [0.29, 0.717) is 6.61 Å². The van der Waals surface area contributed by atoms with E-state index in [9.17, 15) is 5.11 Å². The number of nitrogens with zero attached hydrogens (tertiary/aromatic N) is 1. The molecule has 2 N–H and O–H groups in total. The monoisotopic (exact) mass is 234 g/mol. The minimum absolute atomic E-state index is 0.0839. The molecule has 3 heteroatoms. The van der Waals surface area contributed by atoms with Crippen LogP contribution in [0.15, 0.2) is 18.5 Å². The Bertz CT molecular complexity index is 359. The van der Waals surface area contributed by atoms with Crippen molar-refractivity contribution in [2.75, 3.05) is 18.5 Å². The van der Waals surface area contributed by atoms with Crippen LogP contribution in [0.1, 0.15) is 37.7 Å². The zero-order chi connectivity index (χ0) is 12.1. The third kappa shape index (κ3) is 2.97. The van der Waals surface area contributed by atoms with E-state index in [-0.39, 0.29) is 5.41 Å². The number of aryl methyl sites for hydroxylation is 1. The Morgan fingerprint density at radius 3 is 2.76 bits per heavy atom. The van der Waals surface area contributed by atoms with Crippen molar-refractivity contribution < 1.29 is 5.11 Å². The Morgan fingerprint density at radius 2 is 2.12 bits per heavy atom. The molecule has 0 spiro atoms. The number of hydrogen-bond donors (Lipinski definition) is 2. The molecular weight excluding hydrogens is 212 g/mol. The van der Waals surface area contributed by atoms with Crippen LogP contribution in [0.4, 0.5) is 5.69 Å². The lowest BCUT2D eigenvalue weighted by Gasteiger charge is -2.36. The number of aromatic nitrogens is 1. The van der Waals surface area contributed by atoms with Crippen LogP contribution < -0.4 is 5.32 Å². The molecule has 17 heavy (non-hydrogen) atoms. The minimum Gasteiger partial charge on any atom is -0.396 e. The van der Waals surface area contributed by atoms with E-state index in [1.54, 1.807) is 0 Å². The van der Waals surface area contributed by atoms with Crippen molar-refractivity contribution in [3.8, 4) is 0 Å². The molecule has 0 radical (unpaired) electrons. The number of hydrogen-bond acceptors (Lipinski definition) is 3. The number of nitrogens with one attached hydrogen (secondary N) is 1. The molecule has 1 fully saturated rings. The maximum Gasteiger partial charge on any atom is 0.0556 e. The van der Waals surface area contributed by atoms with Crippen molar-refractivity contribution in [2.24, 2.45) is 5.41 Å². The van der Waals surface area contributed by atoms with Gasteiger partial charge in [0.25, 0.3) is 0 Å². The van der Waals surface area contributed by atoms with Gasteiger partial charge in [-0.25, -0.2) is 0 Å². The second-order valence-corrected chi connectivity index (χ2v) is 5.26. The molecule has 0 aromatic carbocycles. The summed E-state index contributed by atoms with van der Waals surface area (Å²) >= 11 is 0. The van der Waals surface area contributed by atoms with Gasteiger partial charge in [0.1, 0.15) is 0 Å². The van der Waals surface area contributed by atoms with Crippen LogP contribution in [0.5, 0.6) is 0 Å². The Labute approximate surface area is 103 Å². The van der Waals surface area contributed by atoms with E-state index >= 15 is 0 Å². The quantitative estimate of drug-likeness (QED) is 0.842. The molecule has 0 bridgehead atoms. The standard InChI is InChI=1S/C14H22N2O/c1-12-5-8-15-9-13(12)16-10-14(11-17)6-3-2-4-7-14/h5,8-9,16-17H,2-4,6-7,10-11H2,1H3. The molecule has 0 atom stereocenters. The molecule has 0 saturated heterocycles. The van der Waals surface area contributed by atoms with Crippen molar-refractivity contribution in [1.82, 2.24) is 4.98 Å². The van der Waals surface area contributed by atoms with Crippen LogP contribution in [0, 0.1) is 12.3 Å². The summed E-state index contributed by atoms with van der Waals surface area (Å²) in [5.74, 6) is 0. The smallest absolute Gasteiger partial charge is 0.0556 e. The molecule has 0 amide bonds. The lowest BCUT2D eigenvalue weighted by Crippen LogP contribution is -2.35. The average Bonchev–Trinajstić information content (AvgIpc) is 2.39. The van der Waals surface area contributed by atoms with E-state index in [0.717, 1.165) is 25.1 Å².